The second-order valence-corrected chi connectivity index (χ2v) is 5.10. The van der Waals surface area contributed by atoms with Gasteiger partial charge in [-0.25, -0.2) is 0 Å². The summed E-state index contributed by atoms with van der Waals surface area (Å²) in [5.41, 5.74) is 1.73. The van der Waals surface area contributed by atoms with Gasteiger partial charge in [0.15, 0.2) is 5.11 Å². The summed E-state index contributed by atoms with van der Waals surface area (Å²) >= 11 is 11.0. The van der Waals surface area contributed by atoms with Crippen molar-refractivity contribution in [3.63, 3.8) is 0 Å². The lowest BCUT2D eigenvalue weighted by molar-refractivity contribution is -0.115. The van der Waals surface area contributed by atoms with Crippen LogP contribution in [0.1, 0.15) is 11.3 Å². The smallest absolute Gasteiger partial charge is 0.250 e. The molecule has 2 aromatic rings. The van der Waals surface area contributed by atoms with Gasteiger partial charge in [-0.1, -0.05) is 17.7 Å². The van der Waals surface area contributed by atoms with Crippen LogP contribution in [0.15, 0.2) is 47.1 Å². The molecule has 108 valence electrons. The predicted molar refractivity (Wildman–Crippen MR) is 88.3 cm³/mol. The molecular formula is C15H13ClN2O2S. The summed E-state index contributed by atoms with van der Waals surface area (Å²) in [5.74, 6) is 0.248. The van der Waals surface area contributed by atoms with E-state index >= 15 is 0 Å². The van der Waals surface area contributed by atoms with Gasteiger partial charge in [-0.3, -0.25) is 10.1 Å². The molecule has 1 aromatic carbocycles. The number of amides is 1. The molecule has 1 amide bonds. The van der Waals surface area contributed by atoms with E-state index in [4.69, 9.17) is 28.2 Å². The molecule has 0 aliphatic rings. The molecule has 0 saturated heterocycles. The summed E-state index contributed by atoms with van der Waals surface area (Å²) in [6, 6.07) is 8.89. The number of benzene rings is 1. The van der Waals surface area contributed by atoms with Crippen molar-refractivity contribution in [2.45, 2.75) is 6.92 Å². The van der Waals surface area contributed by atoms with Gasteiger partial charge in [-0.05, 0) is 55.0 Å². The molecule has 0 atom stereocenters. The zero-order valence-electron chi connectivity index (χ0n) is 11.2. The molecule has 0 radical (unpaired) electrons. The van der Waals surface area contributed by atoms with Crippen LogP contribution in [-0.4, -0.2) is 11.0 Å². The summed E-state index contributed by atoms with van der Waals surface area (Å²) in [6.45, 7) is 1.92. The third-order valence-electron chi connectivity index (χ3n) is 2.63. The molecule has 4 nitrogen and oxygen atoms in total. The first-order valence-corrected chi connectivity index (χ1v) is 6.93. The van der Waals surface area contributed by atoms with Crippen LogP contribution >= 0.6 is 23.8 Å². The minimum absolute atomic E-state index is 0.203. The van der Waals surface area contributed by atoms with E-state index < -0.39 is 0 Å². The van der Waals surface area contributed by atoms with Crippen LogP contribution in [0.5, 0.6) is 0 Å². The third kappa shape index (κ3) is 4.73. The maximum Gasteiger partial charge on any atom is 0.250 e. The van der Waals surface area contributed by atoms with Crippen LogP contribution in [-0.2, 0) is 4.79 Å². The first-order chi connectivity index (χ1) is 10.0. The number of halogens is 1. The monoisotopic (exact) mass is 320 g/mol. The molecule has 0 bridgehead atoms. The molecule has 2 rings (SSSR count). The number of hydrogen-bond acceptors (Lipinski definition) is 3. The first-order valence-electron chi connectivity index (χ1n) is 6.14. The van der Waals surface area contributed by atoms with E-state index in [0.29, 0.717) is 10.8 Å². The van der Waals surface area contributed by atoms with Gasteiger partial charge in [0, 0.05) is 16.8 Å². The number of anilines is 1. The van der Waals surface area contributed by atoms with Crippen molar-refractivity contribution in [3.05, 3.63) is 59.0 Å². The summed E-state index contributed by atoms with van der Waals surface area (Å²) in [7, 11) is 0. The van der Waals surface area contributed by atoms with Crippen molar-refractivity contribution in [3.8, 4) is 0 Å². The zero-order chi connectivity index (χ0) is 15.2. The van der Waals surface area contributed by atoms with Crippen LogP contribution in [0.3, 0.4) is 0 Å². The largest absolute Gasteiger partial charge is 0.465 e. The fourth-order valence-corrected chi connectivity index (χ4v) is 1.96. The second-order valence-electron chi connectivity index (χ2n) is 4.25. The molecule has 1 heterocycles. The SMILES string of the molecule is Cc1ccc(Cl)cc1NC(=S)NC(=O)/C=C/c1ccco1. The standard InChI is InChI=1S/C15H13ClN2O2S/c1-10-4-5-11(16)9-13(10)17-15(21)18-14(19)7-6-12-3-2-8-20-12/h2-9H,1H3,(H2,17,18,19,21)/b7-6+. The van der Waals surface area contributed by atoms with Gasteiger partial charge in [-0.15, -0.1) is 0 Å². The average molecular weight is 321 g/mol. The topological polar surface area (TPSA) is 54.3 Å². The highest BCUT2D eigenvalue weighted by Gasteiger charge is 2.04. The van der Waals surface area contributed by atoms with Crippen molar-refractivity contribution in [1.29, 1.82) is 0 Å². The van der Waals surface area contributed by atoms with Crippen molar-refractivity contribution in [1.82, 2.24) is 5.32 Å². The van der Waals surface area contributed by atoms with Gasteiger partial charge < -0.3 is 9.73 Å². The Morgan fingerprint density at radius 2 is 2.19 bits per heavy atom. The van der Waals surface area contributed by atoms with Crippen LogP contribution in [0.2, 0.25) is 5.02 Å². The Labute approximate surface area is 132 Å². The van der Waals surface area contributed by atoms with Crippen molar-refractivity contribution < 1.29 is 9.21 Å². The summed E-state index contributed by atoms with van der Waals surface area (Å²) < 4.78 is 5.08. The van der Waals surface area contributed by atoms with E-state index in [-0.39, 0.29) is 11.0 Å². The van der Waals surface area contributed by atoms with Gasteiger partial charge in [-0.2, -0.15) is 0 Å². The number of carbonyl (C=O) groups excluding carboxylic acids is 1. The predicted octanol–water partition coefficient (Wildman–Crippen LogP) is 3.77. The molecule has 21 heavy (non-hydrogen) atoms. The molecule has 2 N–H and O–H groups in total. The van der Waals surface area contributed by atoms with E-state index in [1.54, 1.807) is 30.3 Å². The molecule has 0 aliphatic carbocycles. The molecule has 0 saturated carbocycles. The first kappa shape index (κ1) is 15.3. The van der Waals surface area contributed by atoms with Crippen molar-refractivity contribution >= 4 is 46.6 Å². The van der Waals surface area contributed by atoms with Crippen LogP contribution in [0, 0.1) is 6.92 Å². The van der Waals surface area contributed by atoms with E-state index in [1.807, 2.05) is 13.0 Å². The van der Waals surface area contributed by atoms with Crippen molar-refractivity contribution in [2.75, 3.05) is 5.32 Å². The number of nitrogens with one attached hydrogen (secondary N) is 2. The summed E-state index contributed by atoms with van der Waals surface area (Å²) in [4.78, 5) is 11.7. The Morgan fingerprint density at radius 1 is 1.38 bits per heavy atom. The van der Waals surface area contributed by atoms with Crippen molar-refractivity contribution in [2.24, 2.45) is 0 Å². The van der Waals surface area contributed by atoms with E-state index in [9.17, 15) is 4.79 Å². The number of furan rings is 1. The highest BCUT2D eigenvalue weighted by Crippen LogP contribution is 2.19. The van der Waals surface area contributed by atoms with Crippen LogP contribution in [0.4, 0.5) is 5.69 Å². The number of carbonyl (C=O) groups is 1. The zero-order valence-corrected chi connectivity index (χ0v) is 12.8. The highest BCUT2D eigenvalue weighted by molar-refractivity contribution is 7.80. The normalized spacial score (nSPS) is 10.6. The minimum atomic E-state index is -0.344. The number of thiocarbonyl (C=S) groups is 1. The third-order valence-corrected chi connectivity index (χ3v) is 3.07. The van der Waals surface area contributed by atoms with Crippen LogP contribution < -0.4 is 10.6 Å². The number of hydrogen-bond donors (Lipinski definition) is 2. The summed E-state index contributed by atoms with van der Waals surface area (Å²) in [5, 5.41) is 6.28. The Bertz CT molecular complexity index is 681. The molecule has 6 heteroatoms. The Balaban J connectivity index is 1.92. The lowest BCUT2D eigenvalue weighted by Gasteiger charge is -2.10. The average Bonchev–Trinajstić information content (AvgIpc) is 2.94. The molecule has 0 spiro atoms. The molecule has 0 aliphatic heterocycles. The lowest BCUT2D eigenvalue weighted by Crippen LogP contribution is -2.33. The van der Waals surface area contributed by atoms with Crippen LogP contribution in [0.25, 0.3) is 6.08 Å². The Kier molecular flexibility index (Phi) is 5.14. The van der Waals surface area contributed by atoms with E-state index in [2.05, 4.69) is 10.6 Å². The number of aryl methyl sites for hydroxylation is 1. The fraction of sp³-hybridized carbons (Fsp3) is 0.0667. The Hall–Kier alpha value is -2.11. The minimum Gasteiger partial charge on any atom is -0.465 e. The molecule has 0 fully saturated rings. The lowest BCUT2D eigenvalue weighted by atomic mass is 10.2. The molecule has 0 unspecified atom stereocenters. The van der Waals surface area contributed by atoms with Gasteiger partial charge in [0.25, 0.3) is 0 Å². The Morgan fingerprint density at radius 3 is 2.90 bits per heavy atom. The van der Waals surface area contributed by atoms with Gasteiger partial charge in [0.1, 0.15) is 5.76 Å². The highest BCUT2D eigenvalue weighted by atomic mass is 35.5. The maximum atomic E-state index is 11.7. The molecule has 1 aromatic heterocycles. The molecular weight excluding hydrogens is 308 g/mol. The van der Waals surface area contributed by atoms with E-state index in [0.717, 1.165) is 11.3 Å². The van der Waals surface area contributed by atoms with Gasteiger partial charge in [0.05, 0.1) is 6.26 Å². The second kappa shape index (κ2) is 7.06. The number of rotatable bonds is 3. The maximum absolute atomic E-state index is 11.7. The van der Waals surface area contributed by atoms with Gasteiger partial charge in [0.2, 0.25) is 5.91 Å². The quantitative estimate of drug-likeness (QED) is 0.667. The summed E-state index contributed by atoms with van der Waals surface area (Å²) in [6.07, 6.45) is 4.44. The fourth-order valence-electron chi connectivity index (χ4n) is 1.58. The van der Waals surface area contributed by atoms with Gasteiger partial charge >= 0.3 is 0 Å². The van der Waals surface area contributed by atoms with E-state index in [1.165, 1.54) is 12.3 Å².